The number of nitro groups is 1. The number of amides is 1. The van der Waals surface area contributed by atoms with Crippen LogP contribution in [0, 0.1) is 10.1 Å². The SMILES string of the molecule is O=C(CO)NCc1ccccc1.O=[N+]([O-])c1ncc[nH]1. The van der Waals surface area contributed by atoms with Crippen molar-refractivity contribution < 1.29 is 14.8 Å². The van der Waals surface area contributed by atoms with Crippen LogP contribution in [0.2, 0.25) is 0 Å². The standard InChI is InChI=1S/C9H11NO2.C3H3N3O2/c11-7-9(12)10-6-8-4-2-1-3-5-8;7-6(8)3-4-1-2-5-3/h1-5,11H,6-7H2,(H,10,12);1-2H,(H,4,5). The Labute approximate surface area is 114 Å². The predicted octanol–water partition coefficient (Wildman–Crippen LogP) is 0.613. The number of aliphatic hydroxyl groups excluding tert-OH is 1. The van der Waals surface area contributed by atoms with Gasteiger partial charge < -0.3 is 20.5 Å². The number of hydrogen-bond donors (Lipinski definition) is 3. The highest BCUT2D eigenvalue weighted by molar-refractivity contribution is 5.76. The van der Waals surface area contributed by atoms with E-state index in [2.05, 4.69) is 15.3 Å². The Hall–Kier alpha value is -2.74. The van der Waals surface area contributed by atoms with Gasteiger partial charge in [-0.15, -0.1) is 0 Å². The van der Waals surface area contributed by atoms with E-state index in [-0.39, 0.29) is 11.9 Å². The van der Waals surface area contributed by atoms with Gasteiger partial charge in [0, 0.05) is 6.54 Å². The highest BCUT2D eigenvalue weighted by Gasteiger charge is 2.01. The molecule has 8 heteroatoms. The smallest absolute Gasteiger partial charge is 0.390 e. The van der Waals surface area contributed by atoms with E-state index in [4.69, 9.17) is 5.11 Å². The highest BCUT2D eigenvalue weighted by atomic mass is 16.6. The Balaban J connectivity index is 0.000000217. The van der Waals surface area contributed by atoms with E-state index in [0.29, 0.717) is 6.54 Å². The average molecular weight is 278 g/mol. The largest absolute Gasteiger partial charge is 0.432 e. The van der Waals surface area contributed by atoms with E-state index in [9.17, 15) is 14.9 Å². The number of H-pyrrole nitrogens is 1. The number of imidazole rings is 1. The normalized spacial score (nSPS) is 9.25. The summed E-state index contributed by atoms with van der Waals surface area (Å²) in [6, 6.07) is 9.55. The van der Waals surface area contributed by atoms with Gasteiger partial charge >= 0.3 is 5.95 Å². The van der Waals surface area contributed by atoms with Crippen molar-refractivity contribution in [2.75, 3.05) is 6.61 Å². The van der Waals surface area contributed by atoms with Gasteiger partial charge in [0.25, 0.3) is 0 Å². The Morgan fingerprint density at radius 3 is 2.55 bits per heavy atom. The van der Waals surface area contributed by atoms with Crippen LogP contribution in [0.15, 0.2) is 42.7 Å². The van der Waals surface area contributed by atoms with Crippen molar-refractivity contribution in [3.63, 3.8) is 0 Å². The summed E-state index contributed by atoms with van der Waals surface area (Å²) in [6.07, 6.45) is 2.73. The number of aromatic amines is 1. The van der Waals surface area contributed by atoms with Gasteiger partial charge in [-0.3, -0.25) is 4.79 Å². The number of hydrogen-bond acceptors (Lipinski definition) is 5. The number of carbonyl (C=O) groups is 1. The lowest BCUT2D eigenvalue weighted by molar-refractivity contribution is -0.393. The lowest BCUT2D eigenvalue weighted by Crippen LogP contribution is -2.25. The van der Waals surface area contributed by atoms with Gasteiger partial charge in [0.1, 0.15) is 12.8 Å². The van der Waals surface area contributed by atoms with Crippen molar-refractivity contribution in [3.8, 4) is 0 Å². The van der Waals surface area contributed by atoms with Crippen LogP contribution in [0.4, 0.5) is 5.95 Å². The molecule has 0 fully saturated rings. The number of nitrogens with zero attached hydrogens (tertiary/aromatic N) is 2. The topological polar surface area (TPSA) is 121 Å². The quantitative estimate of drug-likeness (QED) is 0.559. The first-order valence-corrected chi connectivity index (χ1v) is 5.68. The second-order valence-corrected chi connectivity index (χ2v) is 3.59. The molecule has 1 amide bonds. The minimum Gasteiger partial charge on any atom is -0.390 e. The van der Waals surface area contributed by atoms with Crippen LogP contribution in [-0.2, 0) is 11.3 Å². The molecule has 0 aliphatic rings. The Kier molecular flexibility index (Phi) is 6.42. The summed E-state index contributed by atoms with van der Waals surface area (Å²) in [5.41, 5.74) is 1.03. The Morgan fingerprint density at radius 1 is 1.40 bits per heavy atom. The van der Waals surface area contributed by atoms with Crippen molar-refractivity contribution >= 4 is 11.9 Å². The zero-order chi connectivity index (χ0) is 14.8. The average Bonchev–Trinajstić information content (AvgIpc) is 3.01. The Bertz CT molecular complexity index is 528. The molecule has 1 heterocycles. The third-order valence-corrected chi connectivity index (χ3v) is 2.13. The van der Waals surface area contributed by atoms with E-state index >= 15 is 0 Å². The number of rotatable bonds is 4. The maximum atomic E-state index is 10.6. The number of carbonyl (C=O) groups excluding carboxylic acids is 1. The fourth-order valence-corrected chi connectivity index (χ4v) is 1.21. The molecule has 0 saturated heterocycles. The van der Waals surface area contributed by atoms with Crippen molar-refractivity contribution in [2.24, 2.45) is 0 Å². The van der Waals surface area contributed by atoms with E-state index in [1.54, 1.807) is 0 Å². The number of nitrogens with one attached hydrogen (secondary N) is 2. The molecule has 0 atom stereocenters. The molecular formula is C12H14N4O4. The van der Waals surface area contributed by atoms with Gasteiger partial charge in [-0.05, 0) is 10.5 Å². The maximum Gasteiger partial charge on any atom is 0.432 e. The lowest BCUT2D eigenvalue weighted by Gasteiger charge is -2.01. The maximum absolute atomic E-state index is 10.6. The van der Waals surface area contributed by atoms with Crippen LogP contribution in [0.1, 0.15) is 5.56 Å². The van der Waals surface area contributed by atoms with Crippen LogP contribution >= 0.6 is 0 Å². The molecule has 0 aliphatic heterocycles. The van der Waals surface area contributed by atoms with E-state index in [1.807, 2.05) is 30.3 Å². The minimum atomic E-state index is -0.583. The number of aliphatic hydroxyl groups is 1. The fourth-order valence-electron chi connectivity index (χ4n) is 1.21. The molecule has 1 aromatic carbocycles. The van der Waals surface area contributed by atoms with Crippen molar-refractivity contribution in [3.05, 3.63) is 58.4 Å². The molecule has 0 saturated carbocycles. The van der Waals surface area contributed by atoms with Crippen LogP contribution < -0.4 is 5.32 Å². The first kappa shape index (κ1) is 15.3. The summed E-state index contributed by atoms with van der Waals surface area (Å²) in [4.78, 5) is 25.5. The van der Waals surface area contributed by atoms with Crippen LogP contribution in [0.25, 0.3) is 0 Å². The molecule has 8 nitrogen and oxygen atoms in total. The molecule has 0 radical (unpaired) electrons. The molecule has 0 unspecified atom stereocenters. The number of aromatic nitrogens is 2. The third-order valence-electron chi connectivity index (χ3n) is 2.13. The summed E-state index contributed by atoms with van der Waals surface area (Å²) < 4.78 is 0. The highest BCUT2D eigenvalue weighted by Crippen LogP contribution is 1.97. The zero-order valence-electron chi connectivity index (χ0n) is 10.5. The van der Waals surface area contributed by atoms with Crippen molar-refractivity contribution in [2.45, 2.75) is 6.54 Å². The molecule has 20 heavy (non-hydrogen) atoms. The first-order valence-electron chi connectivity index (χ1n) is 5.68. The molecule has 106 valence electrons. The monoisotopic (exact) mass is 278 g/mol. The second-order valence-electron chi connectivity index (χ2n) is 3.59. The fraction of sp³-hybridized carbons (Fsp3) is 0.167. The van der Waals surface area contributed by atoms with Crippen LogP contribution in [0.3, 0.4) is 0 Å². The second kappa shape index (κ2) is 8.38. The van der Waals surface area contributed by atoms with Crippen molar-refractivity contribution in [1.82, 2.24) is 15.3 Å². The predicted molar refractivity (Wildman–Crippen MR) is 70.6 cm³/mol. The van der Waals surface area contributed by atoms with Gasteiger partial charge in [-0.2, -0.15) is 0 Å². The van der Waals surface area contributed by atoms with Gasteiger partial charge in [0.15, 0.2) is 0 Å². The van der Waals surface area contributed by atoms with E-state index < -0.39 is 11.5 Å². The summed E-state index contributed by atoms with van der Waals surface area (Å²) in [7, 11) is 0. The van der Waals surface area contributed by atoms with Crippen LogP contribution in [-0.4, -0.2) is 32.5 Å². The zero-order valence-corrected chi connectivity index (χ0v) is 10.5. The van der Waals surface area contributed by atoms with E-state index in [0.717, 1.165) is 5.56 Å². The summed E-state index contributed by atoms with van der Waals surface area (Å²) in [5, 5.41) is 20.7. The minimum absolute atomic E-state index is 0.218. The molecule has 2 aromatic rings. The van der Waals surface area contributed by atoms with Gasteiger partial charge in [-0.1, -0.05) is 35.3 Å². The molecule has 0 spiro atoms. The van der Waals surface area contributed by atoms with Gasteiger partial charge in [0.2, 0.25) is 5.91 Å². The summed E-state index contributed by atoms with van der Waals surface area (Å²) >= 11 is 0. The van der Waals surface area contributed by atoms with Gasteiger partial charge in [-0.25, -0.2) is 4.98 Å². The van der Waals surface area contributed by atoms with Gasteiger partial charge in [0.05, 0.1) is 6.20 Å². The molecule has 2 rings (SSSR count). The van der Waals surface area contributed by atoms with Crippen molar-refractivity contribution in [1.29, 1.82) is 0 Å². The Morgan fingerprint density at radius 2 is 2.10 bits per heavy atom. The number of benzene rings is 1. The third kappa shape index (κ3) is 5.74. The molecule has 1 aromatic heterocycles. The van der Waals surface area contributed by atoms with Crippen LogP contribution in [0.5, 0.6) is 0 Å². The molecule has 3 N–H and O–H groups in total. The van der Waals surface area contributed by atoms with E-state index in [1.165, 1.54) is 12.4 Å². The molecule has 0 aliphatic carbocycles. The summed E-state index contributed by atoms with van der Waals surface area (Å²) in [5.74, 6) is -0.566. The molecular weight excluding hydrogens is 264 g/mol. The summed E-state index contributed by atoms with van der Waals surface area (Å²) in [6.45, 7) is 0.0209. The molecule has 0 bridgehead atoms. The first-order chi connectivity index (χ1) is 9.63. The lowest BCUT2D eigenvalue weighted by atomic mass is 10.2.